The summed E-state index contributed by atoms with van der Waals surface area (Å²) in [4.78, 5) is 26.2. The van der Waals surface area contributed by atoms with Crippen LogP contribution >= 0.6 is 0 Å². The predicted molar refractivity (Wildman–Crippen MR) is 77.4 cm³/mol. The van der Waals surface area contributed by atoms with Crippen molar-refractivity contribution < 1.29 is 19.4 Å². The number of aliphatic carboxylic acids is 1. The van der Waals surface area contributed by atoms with Crippen LogP contribution in [0.2, 0.25) is 0 Å². The van der Waals surface area contributed by atoms with E-state index in [0.29, 0.717) is 0 Å². The van der Waals surface area contributed by atoms with Crippen LogP contribution in [0.5, 0.6) is 0 Å². The summed E-state index contributed by atoms with van der Waals surface area (Å²) in [5, 5.41) is 8.46. The van der Waals surface area contributed by atoms with Crippen molar-refractivity contribution in [3.05, 3.63) is 12.2 Å². The molecular formula is C14H26N2O4. The van der Waals surface area contributed by atoms with Gasteiger partial charge in [0.25, 0.3) is 0 Å². The number of hydrogen-bond acceptors (Lipinski definition) is 5. The summed E-state index contributed by atoms with van der Waals surface area (Å²) in [6, 6.07) is 0. The first-order chi connectivity index (χ1) is 9.49. The van der Waals surface area contributed by atoms with E-state index in [2.05, 4.69) is 37.5 Å². The molecule has 1 N–H and O–H groups in total. The van der Waals surface area contributed by atoms with Crippen molar-refractivity contribution in [2.45, 2.75) is 33.9 Å². The summed E-state index contributed by atoms with van der Waals surface area (Å²) in [5.41, 5.74) is 0. The molecule has 116 valence electrons. The van der Waals surface area contributed by atoms with Crippen LogP contribution in [0.3, 0.4) is 0 Å². The summed E-state index contributed by atoms with van der Waals surface area (Å²) >= 11 is 0. The second-order valence-electron chi connectivity index (χ2n) is 4.22. The molecule has 0 spiro atoms. The van der Waals surface area contributed by atoms with Gasteiger partial charge in [0.1, 0.15) is 6.61 Å². The molecule has 0 fully saturated rings. The maximum Gasteiger partial charge on any atom is 0.331 e. The number of carbonyl (C=O) groups excluding carboxylic acids is 1. The topological polar surface area (TPSA) is 70.1 Å². The van der Waals surface area contributed by atoms with E-state index in [1.807, 2.05) is 0 Å². The Balaban J connectivity index is 4.64. The van der Waals surface area contributed by atoms with E-state index in [1.54, 1.807) is 0 Å². The second-order valence-corrected chi connectivity index (χ2v) is 4.22. The lowest BCUT2D eigenvalue weighted by Gasteiger charge is -2.37. The molecular weight excluding hydrogens is 260 g/mol. The number of carbonyl (C=O) groups is 2. The number of carboxylic acid groups (broad SMARTS) is 1. The standard InChI is InChI=1S/C14H26N2O4/c1-5-15(6-2)12(16(7-3)8-4)11-20-14(19)10-9-13(17)18/h9-10,12H,5-8,11H2,1-4H3,(H,17,18)/b10-9+. The van der Waals surface area contributed by atoms with E-state index < -0.39 is 11.9 Å². The van der Waals surface area contributed by atoms with Gasteiger partial charge in [-0.05, 0) is 26.2 Å². The number of hydrogen-bond donors (Lipinski definition) is 1. The van der Waals surface area contributed by atoms with E-state index in [4.69, 9.17) is 9.84 Å². The molecule has 0 aromatic rings. The molecule has 0 aromatic carbocycles. The molecule has 0 unspecified atom stereocenters. The minimum absolute atomic E-state index is 0.0159. The molecule has 0 rings (SSSR count). The van der Waals surface area contributed by atoms with Crippen LogP contribution in [0, 0.1) is 0 Å². The Morgan fingerprint density at radius 3 is 1.80 bits per heavy atom. The molecule has 0 radical (unpaired) electrons. The van der Waals surface area contributed by atoms with E-state index in [-0.39, 0.29) is 12.8 Å². The van der Waals surface area contributed by atoms with E-state index in [9.17, 15) is 9.59 Å². The van der Waals surface area contributed by atoms with Crippen LogP contribution in [0.1, 0.15) is 27.7 Å². The molecule has 6 heteroatoms. The monoisotopic (exact) mass is 286 g/mol. The van der Waals surface area contributed by atoms with E-state index in [1.165, 1.54) is 0 Å². The zero-order chi connectivity index (χ0) is 15.5. The molecule has 0 saturated carbocycles. The first-order valence-corrected chi connectivity index (χ1v) is 7.05. The summed E-state index contributed by atoms with van der Waals surface area (Å²) in [6.45, 7) is 11.9. The van der Waals surface area contributed by atoms with Gasteiger partial charge in [-0.1, -0.05) is 27.7 Å². The highest BCUT2D eigenvalue weighted by atomic mass is 16.5. The van der Waals surface area contributed by atoms with Crippen molar-refractivity contribution in [3.63, 3.8) is 0 Å². The molecule has 0 aliphatic rings. The van der Waals surface area contributed by atoms with Crippen LogP contribution in [-0.4, -0.2) is 65.8 Å². The van der Waals surface area contributed by atoms with Gasteiger partial charge in [0, 0.05) is 12.2 Å². The van der Waals surface area contributed by atoms with Gasteiger partial charge in [-0.3, -0.25) is 9.80 Å². The third kappa shape index (κ3) is 6.68. The Morgan fingerprint density at radius 1 is 1.00 bits per heavy atom. The molecule has 20 heavy (non-hydrogen) atoms. The normalized spacial score (nSPS) is 11.8. The highest BCUT2D eigenvalue weighted by Crippen LogP contribution is 2.07. The molecule has 0 atom stereocenters. The summed E-state index contributed by atoms with van der Waals surface area (Å²) < 4.78 is 5.15. The van der Waals surface area contributed by atoms with E-state index >= 15 is 0 Å². The zero-order valence-electron chi connectivity index (χ0n) is 12.8. The fourth-order valence-electron chi connectivity index (χ4n) is 2.08. The lowest BCUT2D eigenvalue weighted by Crippen LogP contribution is -2.51. The largest absolute Gasteiger partial charge is 0.478 e. The Hall–Kier alpha value is -1.40. The van der Waals surface area contributed by atoms with Crippen molar-refractivity contribution in [3.8, 4) is 0 Å². The summed E-state index contributed by atoms with van der Waals surface area (Å²) in [5.74, 6) is -1.79. The van der Waals surface area contributed by atoms with Gasteiger partial charge < -0.3 is 9.84 Å². The number of nitrogens with zero attached hydrogens (tertiary/aromatic N) is 2. The average molecular weight is 286 g/mol. The molecule has 0 aliphatic heterocycles. The Bertz CT molecular complexity index is 311. The number of carboxylic acids is 1. The summed E-state index contributed by atoms with van der Waals surface area (Å²) in [7, 11) is 0. The maximum absolute atomic E-state index is 11.4. The second kappa shape index (κ2) is 10.4. The molecule has 0 saturated heterocycles. The smallest absolute Gasteiger partial charge is 0.331 e. The number of ether oxygens (including phenoxy) is 1. The Labute approximate surface area is 121 Å². The van der Waals surface area contributed by atoms with Gasteiger partial charge >= 0.3 is 11.9 Å². The SMILES string of the molecule is CCN(CC)C(COC(=O)/C=C/C(=O)O)N(CC)CC. The van der Waals surface area contributed by atoms with Crippen LogP contribution in [0.25, 0.3) is 0 Å². The van der Waals surface area contributed by atoms with Crippen molar-refractivity contribution in [2.75, 3.05) is 32.8 Å². The number of rotatable bonds is 10. The van der Waals surface area contributed by atoms with Gasteiger partial charge in [-0.15, -0.1) is 0 Å². The van der Waals surface area contributed by atoms with Crippen molar-refractivity contribution in [1.82, 2.24) is 9.80 Å². The van der Waals surface area contributed by atoms with Crippen molar-refractivity contribution in [2.24, 2.45) is 0 Å². The molecule has 0 aromatic heterocycles. The van der Waals surface area contributed by atoms with Gasteiger partial charge in [0.2, 0.25) is 0 Å². The quantitative estimate of drug-likeness (QED) is 0.369. The van der Waals surface area contributed by atoms with Crippen molar-refractivity contribution >= 4 is 11.9 Å². The minimum Gasteiger partial charge on any atom is -0.478 e. The Kier molecular flexibility index (Phi) is 9.67. The lowest BCUT2D eigenvalue weighted by atomic mass is 10.3. The highest BCUT2D eigenvalue weighted by Gasteiger charge is 2.22. The zero-order valence-corrected chi connectivity index (χ0v) is 12.8. The lowest BCUT2D eigenvalue weighted by molar-refractivity contribution is -0.142. The van der Waals surface area contributed by atoms with Gasteiger partial charge in [0.15, 0.2) is 0 Å². The van der Waals surface area contributed by atoms with E-state index in [0.717, 1.165) is 38.3 Å². The van der Waals surface area contributed by atoms with Crippen LogP contribution in [-0.2, 0) is 14.3 Å². The number of likely N-dealkylation sites (N-methyl/N-ethyl adjacent to an activating group) is 2. The van der Waals surface area contributed by atoms with Crippen LogP contribution < -0.4 is 0 Å². The molecule has 0 bridgehead atoms. The first kappa shape index (κ1) is 18.6. The third-order valence-electron chi connectivity index (χ3n) is 3.20. The molecule has 0 amide bonds. The molecule has 0 heterocycles. The summed E-state index contributed by atoms with van der Waals surface area (Å²) in [6.07, 6.45) is 1.73. The number of esters is 1. The average Bonchev–Trinajstić information content (AvgIpc) is 2.44. The Morgan fingerprint density at radius 2 is 1.45 bits per heavy atom. The molecule has 6 nitrogen and oxygen atoms in total. The first-order valence-electron chi connectivity index (χ1n) is 7.05. The van der Waals surface area contributed by atoms with Crippen LogP contribution in [0.4, 0.5) is 0 Å². The van der Waals surface area contributed by atoms with Gasteiger partial charge in [-0.25, -0.2) is 9.59 Å². The third-order valence-corrected chi connectivity index (χ3v) is 3.20. The van der Waals surface area contributed by atoms with Crippen LogP contribution in [0.15, 0.2) is 12.2 Å². The fraction of sp³-hybridized carbons (Fsp3) is 0.714. The van der Waals surface area contributed by atoms with Gasteiger partial charge in [-0.2, -0.15) is 0 Å². The maximum atomic E-state index is 11.4. The highest BCUT2D eigenvalue weighted by molar-refractivity contribution is 5.90. The van der Waals surface area contributed by atoms with Gasteiger partial charge in [0.05, 0.1) is 6.17 Å². The predicted octanol–water partition coefficient (Wildman–Crippen LogP) is 1.18. The fourth-order valence-corrected chi connectivity index (χ4v) is 2.08. The minimum atomic E-state index is -1.16. The molecule has 0 aliphatic carbocycles. The van der Waals surface area contributed by atoms with Crippen molar-refractivity contribution in [1.29, 1.82) is 0 Å².